The Morgan fingerprint density at radius 1 is 1.11 bits per heavy atom. The van der Waals surface area contributed by atoms with E-state index in [9.17, 15) is 13.2 Å². The Morgan fingerprint density at radius 3 is 2.41 bits per heavy atom. The minimum absolute atomic E-state index is 0.141. The van der Waals surface area contributed by atoms with Gasteiger partial charge in [-0.2, -0.15) is 17.0 Å². The molecule has 7 nitrogen and oxygen atoms in total. The largest absolute Gasteiger partial charge is 0.490 e. The Morgan fingerprint density at radius 2 is 1.78 bits per heavy atom. The summed E-state index contributed by atoms with van der Waals surface area (Å²) in [7, 11) is -0.470. The number of ether oxygens (including phenoxy) is 1. The van der Waals surface area contributed by atoms with Crippen molar-refractivity contribution in [2.45, 2.75) is 44.6 Å². The number of piperidine rings is 1. The van der Waals surface area contributed by atoms with Crippen LogP contribution < -0.4 is 10.1 Å². The molecular weight excluding hydrogens is 366 g/mol. The monoisotopic (exact) mass is 395 g/mol. The number of nitrogens with one attached hydrogen (secondary N) is 1. The third kappa shape index (κ3) is 5.00. The van der Waals surface area contributed by atoms with Crippen molar-refractivity contribution in [3.63, 3.8) is 0 Å². The Balaban J connectivity index is 1.56. The van der Waals surface area contributed by atoms with Crippen LogP contribution in [0.4, 0.5) is 5.69 Å². The lowest BCUT2D eigenvalue weighted by atomic mass is 9.99. The molecule has 2 aliphatic rings. The molecule has 0 radical (unpaired) electrons. The number of rotatable bonds is 6. The molecule has 27 heavy (non-hydrogen) atoms. The van der Waals surface area contributed by atoms with Crippen molar-refractivity contribution in [1.82, 2.24) is 8.61 Å². The second kappa shape index (κ2) is 8.58. The van der Waals surface area contributed by atoms with Crippen molar-refractivity contribution < 1.29 is 17.9 Å². The smallest absolute Gasteiger partial charge is 0.281 e. The Kier molecular flexibility index (Phi) is 6.39. The molecule has 0 aromatic heterocycles. The molecule has 0 unspecified atom stereocenters. The van der Waals surface area contributed by atoms with Gasteiger partial charge >= 0.3 is 0 Å². The molecule has 3 rings (SSSR count). The SMILES string of the molecule is CN(C)S(=O)(=O)N1CCC[C@@H](C(=O)Nc2ccc(OC3CCCC3)cc2)C1. The third-order valence-electron chi connectivity index (χ3n) is 5.27. The number of hydrogen-bond donors (Lipinski definition) is 1. The fourth-order valence-corrected chi connectivity index (χ4v) is 4.85. The molecule has 1 aliphatic carbocycles. The van der Waals surface area contributed by atoms with Crippen LogP contribution in [0.5, 0.6) is 5.75 Å². The molecule has 1 atom stereocenters. The number of carbonyl (C=O) groups is 1. The Bertz CT molecular complexity index is 743. The highest BCUT2D eigenvalue weighted by Crippen LogP contribution is 2.26. The predicted molar refractivity (Wildman–Crippen MR) is 105 cm³/mol. The highest BCUT2D eigenvalue weighted by atomic mass is 32.2. The van der Waals surface area contributed by atoms with E-state index in [4.69, 9.17) is 4.74 Å². The van der Waals surface area contributed by atoms with Crippen LogP contribution in [0.2, 0.25) is 0 Å². The summed E-state index contributed by atoms with van der Waals surface area (Å²) in [5.74, 6) is 0.335. The summed E-state index contributed by atoms with van der Waals surface area (Å²) in [4.78, 5) is 12.6. The molecule has 0 bridgehead atoms. The van der Waals surface area contributed by atoms with Crippen molar-refractivity contribution >= 4 is 21.8 Å². The number of carbonyl (C=O) groups excluding carboxylic acids is 1. The summed E-state index contributed by atoms with van der Waals surface area (Å²) in [6.45, 7) is 0.673. The van der Waals surface area contributed by atoms with Crippen molar-refractivity contribution in [2.75, 3.05) is 32.5 Å². The molecule has 1 saturated heterocycles. The van der Waals surface area contributed by atoms with Gasteiger partial charge in [-0.15, -0.1) is 0 Å². The van der Waals surface area contributed by atoms with Gasteiger partial charge in [0.1, 0.15) is 5.75 Å². The topological polar surface area (TPSA) is 79.0 Å². The molecule has 150 valence electrons. The number of hydrogen-bond acceptors (Lipinski definition) is 4. The van der Waals surface area contributed by atoms with Crippen LogP contribution in [-0.2, 0) is 15.0 Å². The molecular formula is C19H29N3O4S. The lowest BCUT2D eigenvalue weighted by molar-refractivity contribution is -0.120. The zero-order valence-corrected chi connectivity index (χ0v) is 16.9. The van der Waals surface area contributed by atoms with Gasteiger partial charge in [0.25, 0.3) is 10.2 Å². The summed E-state index contributed by atoms with van der Waals surface area (Å²) in [5.41, 5.74) is 0.700. The average molecular weight is 396 g/mol. The number of anilines is 1. The predicted octanol–water partition coefficient (Wildman–Crippen LogP) is 2.46. The zero-order chi connectivity index (χ0) is 19.4. The van der Waals surface area contributed by atoms with Gasteiger partial charge in [0, 0.05) is 32.9 Å². The summed E-state index contributed by atoms with van der Waals surface area (Å²) >= 11 is 0. The number of nitrogens with zero attached hydrogens (tertiary/aromatic N) is 2. The van der Waals surface area contributed by atoms with Crippen LogP contribution >= 0.6 is 0 Å². The second-order valence-electron chi connectivity index (χ2n) is 7.53. The summed E-state index contributed by atoms with van der Waals surface area (Å²) in [6, 6.07) is 7.41. The summed E-state index contributed by atoms with van der Waals surface area (Å²) < 4.78 is 33.1. The van der Waals surface area contributed by atoms with Crippen LogP contribution in [0.15, 0.2) is 24.3 Å². The molecule has 8 heteroatoms. The first-order valence-electron chi connectivity index (χ1n) is 9.61. The molecule has 1 aromatic carbocycles. The van der Waals surface area contributed by atoms with Crippen molar-refractivity contribution in [3.8, 4) is 5.75 Å². The Labute approximate surface area is 161 Å². The fourth-order valence-electron chi connectivity index (χ4n) is 3.66. The zero-order valence-electron chi connectivity index (χ0n) is 16.1. The quantitative estimate of drug-likeness (QED) is 0.803. The van der Waals surface area contributed by atoms with Crippen LogP contribution in [0.3, 0.4) is 0 Å². The van der Waals surface area contributed by atoms with Gasteiger partial charge in [0.15, 0.2) is 0 Å². The van der Waals surface area contributed by atoms with Crippen LogP contribution in [0.1, 0.15) is 38.5 Å². The highest BCUT2D eigenvalue weighted by Gasteiger charge is 2.33. The van der Waals surface area contributed by atoms with E-state index >= 15 is 0 Å². The van der Waals surface area contributed by atoms with E-state index < -0.39 is 10.2 Å². The molecule has 1 N–H and O–H groups in total. The second-order valence-corrected chi connectivity index (χ2v) is 9.67. The van der Waals surface area contributed by atoms with Gasteiger partial charge in [-0.3, -0.25) is 4.79 Å². The van der Waals surface area contributed by atoms with Gasteiger partial charge in [-0.1, -0.05) is 0 Å². The minimum Gasteiger partial charge on any atom is -0.490 e. The average Bonchev–Trinajstić information content (AvgIpc) is 3.16. The van der Waals surface area contributed by atoms with Gasteiger partial charge in [-0.25, -0.2) is 0 Å². The van der Waals surface area contributed by atoms with E-state index in [1.54, 1.807) is 0 Å². The molecule has 1 aliphatic heterocycles. The molecule has 0 spiro atoms. The van der Waals surface area contributed by atoms with E-state index in [0.717, 1.165) is 18.6 Å². The normalized spacial score (nSPS) is 22.1. The maximum Gasteiger partial charge on any atom is 0.281 e. The maximum atomic E-state index is 12.6. The lowest BCUT2D eigenvalue weighted by Crippen LogP contribution is -2.47. The lowest BCUT2D eigenvalue weighted by Gasteiger charge is -2.32. The Hall–Kier alpha value is -1.64. The van der Waals surface area contributed by atoms with Gasteiger partial charge in [0.2, 0.25) is 5.91 Å². The molecule has 2 fully saturated rings. The van der Waals surface area contributed by atoms with Gasteiger partial charge in [0.05, 0.1) is 12.0 Å². The number of amides is 1. The first kappa shape index (κ1) is 20.1. The van der Waals surface area contributed by atoms with Crippen LogP contribution in [-0.4, -0.2) is 56.2 Å². The van der Waals surface area contributed by atoms with Gasteiger partial charge in [-0.05, 0) is 62.8 Å². The van der Waals surface area contributed by atoms with E-state index in [0.29, 0.717) is 31.2 Å². The highest BCUT2D eigenvalue weighted by molar-refractivity contribution is 7.86. The molecule has 1 aromatic rings. The summed E-state index contributed by atoms with van der Waals surface area (Å²) in [6.07, 6.45) is 6.32. The first-order valence-corrected chi connectivity index (χ1v) is 11.0. The first-order chi connectivity index (χ1) is 12.9. The van der Waals surface area contributed by atoms with Crippen molar-refractivity contribution in [2.24, 2.45) is 5.92 Å². The van der Waals surface area contributed by atoms with Crippen molar-refractivity contribution in [3.05, 3.63) is 24.3 Å². The molecule has 1 amide bonds. The molecule has 1 saturated carbocycles. The minimum atomic E-state index is -3.49. The molecule has 1 heterocycles. The van der Waals surface area contributed by atoms with Crippen LogP contribution in [0.25, 0.3) is 0 Å². The van der Waals surface area contributed by atoms with E-state index in [1.165, 1.54) is 35.5 Å². The van der Waals surface area contributed by atoms with E-state index in [-0.39, 0.29) is 18.4 Å². The summed E-state index contributed by atoms with van der Waals surface area (Å²) in [5, 5.41) is 2.90. The maximum absolute atomic E-state index is 12.6. The fraction of sp³-hybridized carbons (Fsp3) is 0.632. The van der Waals surface area contributed by atoms with E-state index in [1.807, 2.05) is 24.3 Å². The number of benzene rings is 1. The van der Waals surface area contributed by atoms with Gasteiger partial charge < -0.3 is 10.1 Å². The standard InChI is InChI=1S/C19H29N3O4S/c1-21(2)27(24,25)22-13-5-6-15(14-22)19(23)20-16-9-11-18(12-10-16)26-17-7-3-4-8-17/h9-12,15,17H,3-8,13-14H2,1-2H3,(H,20,23)/t15-/m1/s1. The van der Waals surface area contributed by atoms with E-state index in [2.05, 4.69) is 5.32 Å². The van der Waals surface area contributed by atoms with Crippen molar-refractivity contribution in [1.29, 1.82) is 0 Å². The third-order valence-corrected chi connectivity index (χ3v) is 7.18. The van der Waals surface area contributed by atoms with Crippen LogP contribution in [0, 0.1) is 5.92 Å².